The van der Waals surface area contributed by atoms with Gasteiger partial charge in [0.25, 0.3) is 0 Å². The van der Waals surface area contributed by atoms with E-state index in [1.165, 1.54) is 13.5 Å². The van der Waals surface area contributed by atoms with Crippen LogP contribution in [0.4, 0.5) is 0 Å². The molecule has 20 heavy (non-hydrogen) atoms. The molecule has 118 valence electrons. The van der Waals surface area contributed by atoms with Gasteiger partial charge in [-0.3, -0.25) is 4.79 Å². The lowest BCUT2D eigenvalue weighted by atomic mass is 9.98. The van der Waals surface area contributed by atoms with E-state index in [-0.39, 0.29) is 12.1 Å². The molecule has 1 saturated heterocycles. The van der Waals surface area contributed by atoms with Crippen molar-refractivity contribution in [1.82, 2.24) is 5.32 Å². The zero-order valence-electron chi connectivity index (χ0n) is 13.1. The van der Waals surface area contributed by atoms with Gasteiger partial charge in [0.2, 0.25) is 0 Å². The highest BCUT2D eigenvalue weighted by molar-refractivity contribution is 5.80. The van der Waals surface area contributed by atoms with E-state index in [1.54, 1.807) is 0 Å². The molecule has 1 aliphatic rings. The summed E-state index contributed by atoms with van der Waals surface area (Å²) in [6.45, 7) is 6.72. The fourth-order valence-electron chi connectivity index (χ4n) is 2.32. The third-order valence-electron chi connectivity index (χ3n) is 3.73. The molecule has 0 saturated carbocycles. The maximum atomic E-state index is 11.9. The summed E-state index contributed by atoms with van der Waals surface area (Å²) in [5.74, 6) is -0.233. The fourth-order valence-corrected chi connectivity index (χ4v) is 2.32. The summed E-state index contributed by atoms with van der Waals surface area (Å²) >= 11 is 0. The van der Waals surface area contributed by atoms with E-state index in [1.807, 2.05) is 6.92 Å². The Morgan fingerprint density at radius 3 is 2.85 bits per heavy atom. The van der Waals surface area contributed by atoms with Crippen LogP contribution in [0.15, 0.2) is 0 Å². The minimum atomic E-state index is -0.668. The van der Waals surface area contributed by atoms with Gasteiger partial charge in [0.1, 0.15) is 5.54 Å². The molecular formula is C15H29NO4. The highest BCUT2D eigenvalue weighted by Crippen LogP contribution is 2.15. The number of rotatable bonds is 9. The Labute approximate surface area is 122 Å². The SMILES string of the molecule is CCCNC(C)(CCOCC1CCCCO1)C(=O)OC. The first-order valence-corrected chi connectivity index (χ1v) is 7.65. The summed E-state index contributed by atoms with van der Waals surface area (Å²) in [4.78, 5) is 11.9. The van der Waals surface area contributed by atoms with E-state index in [2.05, 4.69) is 12.2 Å². The zero-order valence-corrected chi connectivity index (χ0v) is 13.1. The Morgan fingerprint density at radius 2 is 2.25 bits per heavy atom. The second-order valence-corrected chi connectivity index (χ2v) is 5.56. The molecule has 1 N–H and O–H groups in total. The van der Waals surface area contributed by atoms with E-state index in [0.717, 1.165) is 32.4 Å². The average Bonchev–Trinajstić information content (AvgIpc) is 2.49. The molecule has 0 spiro atoms. The lowest BCUT2D eigenvalue weighted by molar-refractivity contribution is -0.149. The van der Waals surface area contributed by atoms with Crippen LogP contribution in [0, 0.1) is 0 Å². The molecule has 1 fully saturated rings. The fraction of sp³-hybridized carbons (Fsp3) is 0.933. The number of carbonyl (C=O) groups excluding carboxylic acids is 1. The summed E-state index contributed by atoms with van der Waals surface area (Å²) in [5.41, 5.74) is -0.668. The first kappa shape index (κ1) is 17.4. The van der Waals surface area contributed by atoms with Crippen molar-refractivity contribution >= 4 is 5.97 Å². The molecule has 0 aliphatic carbocycles. The van der Waals surface area contributed by atoms with Gasteiger partial charge in [-0.15, -0.1) is 0 Å². The predicted molar refractivity (Wildman–Crippen MR) is 77.7 cm³/mol. The minimum Gasteiger partial charge on any atom is -0.468 e. The maximum Gasteiger partial charge on any atom is 0.325 e. The molecule has 2 atom stereocenters. The normalized spacial score (nSPS) is 22.2. The number of hydrogen-bond donors (Lipinski definition) is 1. The smallest absolute Gasteiger partial charge is 0.325 e. The second kappa shape index (κ2) is 9.32. The Hall–Kier alpha value is -0.650. The summed E-state index contributed by atoms with van der Waals surface area (Å²) in [6, 6.07) is 0. The van der Waals surface area contributed by atoms with Crippen molar-refractivity contribution in [1.29, 1.82) is 0 Å². The van der Waals surface area contributed by atoms with Gasteiger partial charge < -0.3 is 19.5 Å². The Bertz CT molecular complexity index is 279. The van der Waals surface area contributed by atoms with Crippen LogP contribution in [0.1, 0.15) is 46.0 Å². The minimum absolute atomic E-state index is 0.219. The van der Waals surface area contributed by atoms with E-state index in [9.17, 15) is 4.79 Å². The molecule has 0 amide bonds. The van der Waals surface area contributed by atoms with Crippen molar-refractivity contribution in [2.24, 2.45) is 0 Å². The molecular weight excluding hydrogens is 258 g/mol. The summed E-state index contributed by atoms with van der Waals surface area (Å²) in [6.07, 6.45) is 5.23. The number of esters is 1. The quantitative estimate of drug-likeness (QED) is 0.518. The van der Waals surface area contributed by atoms with Crippen molar-refractivity contribution in [3.63, 3.8) is 0 Å². The van der Waals surface area contributed by atoms with Gasteiger partial charge >= 0.3 is 5.97 Å². The Balaban J connectivity index is 2.28. The highest BCUT2D eigenvalue weighted by Gasteiger charge is 2.33. The maximum absolute atomic E-state index is 11.9. The van der Waals surface area contributed by atoms with Gasteiger partial charge in [-0.2, -0.15) is 0 Å². The summed E-state index contributed by atoms with van der Waals surface area (Å²) in [5, 5.41) is 3.25. The standard InChI is InChI=1S/C15H29NO4/c1-4-9-16-15(2,14(17)18-3)8-11-19-12-13-7-5-6-10-20-13/h13,16H,4-12H2,1-3H3. The van der Waals surface area contributed by atoms with E-state index in [0.29, 0.717) is 19.6 Å². The lowest BCUT2D eigenvalue weighted by Gasteiger charge is -2.28. The van der Waals surface area contributed by atoms with Crippen molar-refractivity contribution in [3.05, 3.63) is 0 Å². The number of hydrogen-bond acceptors (Lipinski definition) is 5. The molecule has 0 aromatic carbocycles. The van der Waals surface area contributed by atoms with Gasteiger partial charge in [0.05, 0.1) is 19.8 Å². The molecule has 1 rings (SSSR count). The van der Waals surface area contributed by atoms with Crippen LogP contribution in [0.2, 0.25) is 0 Å². The third-order valence-corrected chi connectivity index (χ3v) is 3.73. The first-order valence-electron chi connectivity index (χ1n) is 7.65. The number of ether oxygens (including phenoxy) is 3. The molecule has 1 aliphatic heterocycles. The summed E-state index contributed by atoms with van der Waals surface area (Å²) < 4.78 is 16.2. The summed E-state index contributed by atoms with van der Waals surface area (Å²) in [7, 11) is 1.42. The highest BCUT2D eigenvalue weighted by atomic mass is 16.5. The lowest BCUT2D eigenvalue weighted by Crippen LogP contribution is -2.51. The third kappa shape index (κ3) is 5.77. The number of methoxy groups -OCH3 is 1. The van der Waals surface area contributed by atoms with Crippen molar-refractivity contribution < 1.29 is 19.0 Å². The van der Waals surface area contributed by atoms with Crippen LogP contribution < -0.4 is 5.32 Å². The van der Waals surface area contributed by atoms with Crippen LogP contribution in [0.5, 0.6) is 0 Å². The van der Waals surface area contributed by atoms with Crippen LogP contribution in [-0.4, -0.2) is 51.1 Å². The van der Waals surface area contributed by atoms with E-state index < -0.39 is 5.54 Å². The topological polar surface area (TPSA) is 56.8 Å². The molecule has 0 aromatic rings. The van der Waals surface area contributed by atoms with Gasteiger partial charge in [0.15, 0.2) is 0 Å². The van der Waals surface area contributed by atoms with Crippen LogP contribution in [0.25, 0.3) is 0 Å². The van der Waals surface area contributed by atoms with Crippen LogP contribution >= 0.6 is 0 Å². The molecule has 1 heterocycles. The largest absolute Gasteiger partial charge is 0.468 e. The Kier molecular flexibility index (Phi) is 8.11. The first-order chi connectivity index (χ1) is 9.62. The van der Waals surface area contributed by atoms with Gasteiger partial charge in [-0.1, -0.05) is 6.92 Å². The van der Waals surface area contributed by atoms with Crippen molar-refractivity contribution in [2.45, 2.75) is 57.6 Å². The number of nitrogens with one attached hydrogen (secondary N) is 1. The van der Waals surface area contributed by atoms with E-state index in [4.69, 9.17) is 14.2 Å². The molecule has 2 unspecified atom stereocenters. The monoisotopic (exact) mass is 287 g/mol. The zero-order chi connectivity index (χ0) is 14.8. The van der Waals surface area contributed by atoms with Gasteiger partial charge in [-0.05, 0) is 45.6 Å². The predicted octanol–water partition coefficient (Wildman–Crippen LogP) is 1.89. The molecule has 0 bridgehead atoms. The molecule has 5 nitrogen and oxygen atoms in total. The van der Waals surface area contributed by atoms with Gasteiger partial charge in [-0.25, -0.2) is 0 Å². The number of carbonyl (C=O) groups is 1. The second-order valence-electron chi connectivity index (χ2n) is 5.56. The van der Waals surface area contributed by atoms with Crippen LogP contribution in [0.3, 0.4) is 0 Å². The Morgan fingerprint density at radius 1 is 1.45 bits per heavy atom. The molecule has 5 heteroatoms. The van der Waals surface area contributed by atoms with Gasteiger partial charge in [0, 0.05) is 13.2 Å². The average molecular weight is 287 g/mol. The van der Waals surface area contributed by atoms with E-state index >= 15 is 0 Å². The van der Waals surface area contributed by atoms with Crippen molar-refractivity contribution in [2.75, 3.05) is 33.5 Å². The van der Waals surface area contributed by atoms with Crippen molar-refractivity contribution in [3.8, 4) is 0 Å². The van der Waals surface area contributed by atoms with Crippen LogP contribution in [-0.2, 0) is 19.0 Å². The molecule has 0 aromatic heterocycles. The molecule has 0 radical (unpaired) electrons.